The fraction of sp³-hybridized carbons (Fsp3) is 0.143. The second kappa shape index (κ2) is 5.31. The normalized spacial score (nSPS) is 12.5. The van der Waals surface area contributed by atoms with Crippen molar-refractivity contribution in [1.82, 2.24) is 0 Å². The molecule has 5 heteroatoms. The van der Waals surface area contributed by atoms with E-state index in [0.29, 0.717) is 11.6 Å². The van der Waals surface area contributed by atoms with Crippen molar-refractivity contribution in [2.75, 3.05) is 6.79 Å². The molecule has 0 fully saturated rings. The lowest BCUT2D eigenvalue weighted by molar-refractivity contribution is 0.174. The van der Waals surface area contributed by atoms with E-state index >= 15 is 0 Å². The summed E-state index contributed by atoms with van der Waals surface area (Å²) in [6, 6.07) is 11.2. The van der Waals surface area contributed by atoms with Crippen LogP contribution in [0, 0.1) is 0 Å². The average molecular weight is 342 g/mol. The number of fused-ring (bicyclic) bond motifs is 1. The van der Waals surface area contributed by atoms with Gasteiger partial charge in [0.1, 0.15) is 12.4 Å². The van der Waals surface area contributed by atoms with Gasteiger partial charge in [0.25, 0.3) is 0 Å². The standard InChI is InChI=1S/C14H10BrClO3/c15-11-6-10(16)2-4-12(11)17-7-9-1-3-13-14(5-9)19-8-18-13/h1-6H,7-8H2. The van der Waals surface area contributed by atoms with Gasteiger partial charge < -0.3 is 14.2 Å². The topological polar surface area (TPSA) is 27.7 Å². The third-order valence-electron chi connectivity index (χ3n) is 2.73. The molecule has 0 atom stereocenters. The van der Waals surface area contributed by atoms with Crippen molar-refractivity contribution < 1.29 is 14.2 Å². The SMILES string of the molecule is Clc1ccc(OCc2ccc3c(c2)OCO3)c(Br)c1. The Morgan fingerprint density at radius 2 is 1.95 bits per heavy atom. The smallest absolute Gasteiger partial charge is 0.231 e. The van der Waals surface area contributed by atoms with Gasteiger partial charge in [0, 0.05) is 5.02 Å². The minimum Gasteiger partial charge on any atom is -0.488 e. The minimum absolute atomic E-state index is 0.280. The van der Waals surface area contributed by atoms with E-state index in [0.717, 1.165) is 27.3 Å². The quantitative estimate of drug-likeness (QED) is 0.827. The summed E-state index contributed by atoms with van der Waals surface area (Å²) in [7, 11) is 0. The van der Waals surface area contributed by atoms with E-state index in [4.69, 9.17) is 25.8 Å². The van der Waals surface area contributed by atoms with Crippen LogP contribution in [0.2, 0.25) is 5.02 Å². The molecule has 3 nitrogen and oxygen atoms in total. The van der Waals surface area contributed by atoms with Crippen molar-refractivity contribution in [2.45, 2.75) is 6.61 Å². The fourth-order valence-corrected chi connectivity index (χ4v) is 2.58. The molecule has 0 saturated carbocycles. The highest BCUT2D eigenvalue weighted by molar-refractivity contribution is 9.10. The Morgan fingerprint density at radius 3 is 2.79 bits per heavy atom. The summed E-state index contributed by atoms with van der Waals surface area (Å²) < 4.78 is 17.2. The van der Waals surface area contributed by atoms with E-state index in [1.54, 1.807) is 12.1 Å². The van der Waals surface area contributed by atoms with Crippen LogP contribution in [0.15, 0.2) is 40.9 Å². The molecule has 0 saturated heterocycles. The first kappa shape index (κ1) is 12.6. The molecule has 0 bridgehead atoms. The molecule has 1 heterocycles. The molecule has 0 radical (unpaired) electrons. The molecule has 1 aliphatic heterocycles. The highest BCUT2D eigenvalue weighted by Gasteiger charge is 2.13. The molecule has 98 valence electrons. The Bertz CT molecular complexity index is 616. The Balaban J connectivity index is 1.72. The lowest BCUT2D eigenvalue weighted by Crippen LogP contribution is -1.96. The number of halogens is 2. The van der Waals surface area contributed by atoms with Crippen LogP contribution < -0.4 is 14.2 Å². The van der Waals surface area contributed by atoms with Gasteiger partial charge >= 0.3 is 0 Å². The Hall–Kier alpha value is -1.39. The summed E-state index contributed by atoms with van der Waals surface area (Å²) in [6.07, 6.45) is 0. The molecule has 0 aromatic heterocycles. The molecule has 0 amide bonds. The number of rotatable bonds is 3. The minimum atomic E-state index is 0.280. The van der Waals surface area contributed by atoms with E-state index in [9.17, 15) is 0 Å². The third kappa shape index (κ3) is 2.80. The lowest BCUT2D eigenvalue weighted by Gasteiger charge is -2.09. The first-order valence-corrected chi connectivity index (χ1v) is 6.86. The van der Waals surface area contributed by atoms with Crippen LogP contribution in [0.25, 0.3) is 0 Å². The van der Waals surface area contributed by atoms with E-state index in [2.05, 4.69) is 15.9 Å². The van der Waals surface area contributed by atoms with Crippen LogP contribution in [0.3, 0.4) is 0 Å². The fourth-order valence-electron chi connectivity index (χ4n) is 1.78. The Morgan fingerprint density at radius 1 is 1.11 bits per heavy atom. The maximum atomic E-state index is 5.88. The molecule has 2 aromatic carbocycles. The lowest BCUT2D eigenvalue weighted by atomic mass is 10.2. The average Bonchev–Trinajstić information content (AvgIpc) is 2.85. The van der Waals surface area contributed by atoms with Gasteiger partial charge in [0.2, 0.25) is 6.79 Å². The molecular formula is C14H10BrClO3. The van der Waals surface area contributed by atoms with E-state index in [-0.39, 0.29) is 6.79 Å². The maximum Gasteiger partial charge on any atom is 0.231 e. The second-order valence-electron chi connectivity index (χ2n) is 4.05. The van der Waals surface area contributed by atoms with Gasteiger partial charge in [0.05, 0.1) is 4.47 Å². The zero-order valence-electron chi connectivity index (χ0n) is 9.86. The van der Waals surface area contributed by atoms with Crippen molar-refractivity contribution in [1.29, 1.82) is 0 Å². The van der Waals surface area contributed by atoms with Gasteiger partial charge in [-0.1, -0.05) is 17.7 Å². The summed E-state index contributed by atoms with van der Waals surface area (Å²) in [4.78, 5) is 0. The van der Waals surface area contributed by atoms with E-state index in [1.807, 2.05) is 24.3 Å². The summed E-state index contributed by atoms with van der Waals surface area (Å²) >= 11 is 9.30. The van der Waals surface area contributed by atoms with Crippen LogP contribution in [-0.4, -0.2) is 6.79 Å². The molecule has 2 aromatic rings. The van der Waals surface area contributed by atoms with Gasteiger partial charge in [0.15, 0.2) is 11.5 Å². The highest BCUT2D eigenvalue weighted by Crippen LogP contribution is 2.33. The predicted octanol–water partition coefficient (Wildman–Crippen LogP) is 4.41. The molecule has 0 aliphatic carbocycles. The summed E-state index contributed by atoms with van der Waals surface area (Å²) in [5.74, 6) is 2.29. The number of hydrogen-bond acceptors (Lipinski definition) is 3. The van der Waals surface area contributed by atoms with Gasteiger partial charge in [-0.15, -0.1) is 0 Å². The second-order valence-corrected chi connectivity index (χ2v) is 5.34. The van der Waals surface area contributed by atoms with Crippen molar-refractivity contribution in [3.8, 4) is 17.2 Å². The molecule has 0 N–H and O–H groups in total. The predicted molar refractivity (Wildman–Crippen MR) is 76.0 cm³/mol. The molecule has 19 heavy (non-hydrogen) atoms. The molecule has 0 unspecified atom stereocenters. The molecular weight excluding hydrogens is 332 g/mol. The Labute approximate surface area is 124 Å². The van der Waals surface area contributed by atoms with Gasteiger partial charge in [-0.25, -0.2) is 0 Å². The summed E-state index contributed by atoms with van der Waals surface area (Å²) in [6.45, 7) is 0.735. The number of ether oxygens (including phenoxy) is 3. The van der Waals surface area contributed by atoms with Crippen LogP contribution >= 0.6 is 27.5 Å². The summed E-state index contributed by atoms with van der Waals surface area (Å²) in [5.41, 5.74) is 1.02. The zero-order valence-corrected chi connectivity index (χ0v) is 12.2. The highest BCUT2D eigenvalue weighted by atomic mass is 79.9. The van der Waals surface area contributed by atoms with Crippen molar-refractivity contribution in [3.05, 3.63) is 51.5 Å². The zero-order chi connectivity index (χ0) is 13.2. The molecule has 1 aliphatic rings. The van der Waals surface area contributed by atoms with Crippen molar-refractivity contribution >= 4 is 27.5 Å². The van der Waals surface area contributed by atoms with Gasteiger partial charge in [-0.2, -0.15) is 0 Å². The largest absolute Gasteiger partial charge is 0.488 e. The van der Waals surface area contributed by atoms with E-state index in [1.165, 1.54) is 0 Å². The third-order valence-corrected chi connectivity index (χ3v) is 3.58. The van der Waals surface area contributed by atoms with Crippen LogP contribution in [-0.2, 0) is 6.61 Å². The van der Waals surface area contributed by atoms with Gasteiger partial charge in [-0.3, -0.25) is 0 Å². The van der Waals surface area contributed by atoms with Crippen LogP contribution in [0.5, 0.6) is 17.2 Å². The monoisotopic (exact) mass is 340 g/mol. The van der Waals surface area contributed by atoms with Crippen molar-refractivity contribution in [3.63, 3.8) is 0 Å². The van der Waals surface area contributed by atoms with Crippen LogP contribution in [0.4, 0.5) is 0 Å². The molecule has 3 rings (SSSR count). The van der Waals surface area contributed by atoms with E-state index < -0.39 is 0 Å². The number of benzene rings is 2. The van der Waals surface area contributed by atoms with Crippen LogP contribution in [0.1, 0.15) is 5.56 Å². The molecule has 0 spiro atoms. The first-order valence-electron chi connectivity index (χ1n) is 5.69. The number of hydrogen-bond donors (Lipinski definition) is 0. The summed E-state index contributed by atoms with van der Waals surface area (Å²) in [5, 5.41) is 0.669. The first-order chi connectivity index (χ1) is 9.22. The van der Waals surface area contributed by atoms with Crippen molar-refractivity contribution in [2.24, 2.45) is 0 Å². The van der Waals surface area contributed by atoms with Gasteiger partial charge in [-0.05, 0) is 51.8 Å². The maximum absolute atomic E-state index is 5.88. The Kier molecular flexibility index (Phi) is 3.53.